The third-order valence-corrected chi connectivity index (χ3v) is 7.84. The zero-order valence-corrected chi connectivity index (χ0v) is 18.6. The minimum atomic E-state index is -4.62. The van der Waals surface area contributed by atoms with E-state index in [2.05, 4.69) is 6.92 Å². The first-order valence-electron chi connectivity index (χ1n) is 9.76. The molecule has 0 aromatic heterocycles. The molecule has 3 rings (SSSR count). The van der Waals surface area contributed by atoms with Crippen LogP contribution in [0.25, 0.3) is 0 Å². The second kappa shape index (κ2) is 9.62. The Morgan fingerprint density at radius 1 is 1.03 bits per heavy atom. The van der Waals surface area contributed by atoms with E-state index in [9.17, 15) is 26.4 Å². The number of piperazine rings is 1. The number of benzene rings is 2. The summed E-state index contributed by atoms with van der Waals surface area (Å²) in [5.74, 6) is 1.69. The SMILES string of the molecule is CCSCc1ccc(C(=O)N2CCN(S(=O)(=O)c3cccc(C(F)(F)F)c3)CC2)cc1. The van der Waals surface area contributed by atoms with Crippen LogP contribution in [0.1, 0.15) is 28.4 Å². The van der Waals surface area contributed by atoms with Crippen molar-refractivity contribution in [2.45, 2.75) is 23.7 Å². The summed E-state index contributed by atoms with van der Waals surface area (Å²) in [6, 6.07) is 11.1. The topological polar surface area (TPSA) is 57.7 Å². The highest BCUT2D eigenvalue weighted by atomic mass is 32.2. The van der Waals surface area contributed by atoms with E-state index in [-0.39, 0.29) is 32.1 Å². The lowest BCUT2D eigenvalue weighted by molar-refractivity contribution is -0.137. The molecule has 0 N–H and O–H groups in total. The van der Waals surface area contributed by atoms with Crippen molar-refractivity contribution in [2.24, 2.45) is 0 Å². The molecule has 0 saturated carbocycles. The van der Waals surface area contributed by atoms with Gasteiger partial charge in [0.25, 0.3) is 5.91 Å². The number of amides is 1. The van der Waals surface area contributed by atoms with Gasteiger partial charge >= 0.3 is 6.18 Å². The molecule has 1 saturated heterocycles. The summed E-state index contributed by atoms with van der Waals surface area (Å²) in [7, 11) is -4.08. The predicted molar refractivity (Wildman–Crippen MR) is 114 cm³/mol. The van der Waals surface area contributed by atoms with Crippen molar-refractivity contribution in [3.8, 4) is 0 Å². The van der Waals surface area contributed by atoms with Crippen LogP contribution >= 0.6 is 11.8 Å². The summed E-state index contributed by atoms with van der Waals surface area (Å²) < 4.78 is 65.5. The smallest absolute Gasteiger partial charge is 0.336 e. The molecule has 1 aliphatic heterocycles. The standard InChI is InChI=1S/C21H23F3N2O3S2/c1-2-30-15-16-6-8-17(9-7-16)20(27)25-10-12-26(13-11-25)31(28,29)19-5-3-4-18(14-19)21(22,23)24/h3-9,14H,2,10-13,15H2,1H3. The molecule has 0 spiro atoms. The lowest BCUT2D eigenvalue weighted by atomic mass is 10.1. The van der Waals surface area contributed by atoms with Gasteiger partial charge in [0, 0.05) is 37.5 Å². The van der Waals surface area contributed by atoms with Crippen molar-refractivity contribution in [1.82, 2.24) is 9.21 Å². The molecule has 0 bridgehead atoms. The first-order valence-corrected chi connectivity index (χ1v) is 12.4. The van der Waals surface area contributed by atoms with Crippen molar-refractivity contribution in [3.05, 3.63) is 65.2 Å². The van der Waals surface area contributed by atoms with Crippen LogP contribution in [0.15, 0.2) is 53.4 Å². The molecule has 31 heavy (non-hydrogen) atoms. The molecule has 0 atom stereocenters. The molecular formula is C21H23F3N2O3S2. The third kappa shape index (κ3) is 5.61. The average molecular weight is 473 g/mol. The van der Waals surface area contributed by atoms with Crippen LogP contribution in [0.4, 0.5) is 13.2 Å². The van der Waals surface area contributed by atoms with Crippen molar-refractivity contribution in [3.63, 3.8) is 0 Å². The van der Waals surface area contributed by atoms with E-state index in [1.54, 1.807) is 28.8 Å². The number of sulfonamides is 1. The highest BCUT2D eigenvalue weighted by Crippen LogP contribution is 2.31. The minimum Gasteiger partial charge on any atom is -0.336 e. The zero-order valence-electron chi connectivity index (χ0n) is 16.9. The molecule has 0 unspecified atom stereocenters. The number of hydrogen-bond acceptors (Lipinski definition) is 4. The molecule has 1 amide bonds. The van der Waals surface area contributed by atoms with Gasteiger partial charge in [0.2, 0.25) is 10.0 Å². The van der Waals surface area contributed by atoms with Gasteiger partial charge in [-0.15, -0.1) is 0 Å². The molecule has 10 heteroatoms. The molecule has 1 aliphatic rings. The first-order chi connectivity index (χ1) is 14.6. The fourth-order valence-corrected chi connectivity index (χ4v) is 5.36. The third-order valence-electron chi connectivity index (χ3n) is 5.00. The maximum Gasteiger partial charge on any atom is 0.416 e. The Bertz CT molecular complexity index is 1020. The van der Waals surface area contributed by atoms with Crippen LogP contribution in [-0.2, 0) is 22.0 Å². The van der Waals surface area contributed by atoms with Crippen molar-refractivity contribution in [2.75, 3.05) is 31.9 Å². The van der Waals surface area contributed by atoms with Gasteiger partial charge in [-0.3, -0.25) is 4.79 Å². The van der Waals surface area contributed by atoms with Gasteiger partial charge < -0.3 is 4.90 Å². The Labute approximate surface area is 184 Å². The van der Waals surface area contributed by atoms with E-state index in [1.165, 1.54) is 0 Å². The van der Waals surface area contributed by atoms with Crippen LogP contribution in [0.3, 0.4) is 0 Å². The summed E-state index contributed by atoms with van der Waals surface area (Å²) in [5.41, 5.74) is 0.642. The van der Waals surface area contributed by atoms with Crippen LogP contribution in [-0.4, -0.2) is 55.5 Å². The molecule has 0 radical (unpaired) electrons. The van der Waals surface area contributed by atoms with Gasteiger partial charge in [0.05, 0.1) is 10.5 Å². The number of hydrogen-bond donors (Lipinski definition) is 0. The first kappa shape index (κ1) is 23.6. The number of thioether (sulfide) groups is 1. The highest BCUT2D eigenvalue weighted by molar-refractivity contribution is 7.98. The quantitative estimate of drug-likeness (QED) is 0.635. The van der Waals surface area contributed by atoms with Gasteiger partial charge in [-0.05, 0) is 41.6 Å². The van der Waals surface area contributed by atoms with E-state index < -0.39 is 26.7 Å². The monoisotopic (exact) mass is 472 g/mol. The second-order valence-electron chi connectivity index (χ2n) is 7.06. The van der Waals surface area contributed by atoms with E-state index in [1.807, 2.05) is 12.1 Å². The summed E-state index contributed by atoms with van der Waals surface area (Å²) in [6.07, 6.45) is -4.62. The number of rotatable bonds is 6. The van der Waals surface area contributed by atoms with Gasteiger partial charge in [0.15, 0.2) is 0 Å². The van der Waals surface area contributed by atoms with Gasteiger partial charge in [-0.25, -0.2) is 8.42 Å². The zero-order chi connectivity index (χ0) is 22.6. The maximum atomic E-state index is 12.9. The van der Waals surface area contributed by atoms with Crippen LogP contribution in [0, 0.1) is 0 Å². The fourth-order valence-electron chi connectivity index (χ4n) is 3.26. The number of alkyl halides is 3. The summed E-state index contributed by atoms with van der Waals surface area (Å²) in [6.45, 7) is 2.47. The predicted octanol–water partition coefficient (Wildman–Crippen LogP) is 4.11. The van der Waals surface area contributed by atoms with E-state index in [0.29, 0.717) is 11.6 Å². The van der Waals surface area contributed by atoms with Crippen LogP contribution in [0.5, 0.6) is 0 Å². The summed E-state index contributed by atoms with van der Waals surface area (Å²) >= 11 is 1.79. The second-order valence-corrected chi connectivity index (χ2v) is 10.3. The van der Waals surface area contributed by atoms with E-state index in [4.69, 9.17) is 0 Å². The Morgan fingerprint density at radius 3 is 2.26 bits per heavy atom. The molecular weight excluding hydrogens is 449 g/mol. The number of carbonyl (C=O) groups excluding carboxylic acids is 1. The van der Waals surface area contributed by atoms with E-state index >= 15 is 0 Å². The largest absolute Gasteiger partial charge is 0.416 e. The molecule has 1 fully saturated rings. The fraction of sp³-hybridized carbons (Fsp3) is 0.381. The van der Waals surface area contributed by atoms with E-state index in [0.717, 1.165) is 39.6 Å². The number of nitrogens with zero attached hydrogens (tertiary/aromatic N) is 2. The van der Waals surface area contributed by atoms with Gasteiger partial charge in [-0.2, -0.15) is 29.2 Å². The lowest BCUT2D eigenvalue weighted by Gasteiger charge is -2.34. The lowest BCUT2D eigenvalue weighted by Crippen LogP contribution is -2.50. The molecule has 2 aromatic rings. The normalized spacial score (nSPS) is 15.8. The van der Waals surface area contributed by atoms with Crippen LogP contribution in [0.2, 0.25) is 0 Å². The van der Waals surface area contributed by atoms with Crippen molar-refractivity contribution in [1.29, 1.82) is 0 Å². The molecule has 1 heterocycles. The van der Waals surface area contributed by atoms with Gasteiger partial charge in [-0.1, -0.05) is 25.1 Å². The summed E-state index contributed by atoms with van der Waals surface area (Å²) in [4.78, 5) is 13.9. The molecule has 168 valence electrons. The average Bonchev–Trinajstić information content (AvgIpc) is 2.77. The maximum absolute atomic E-state index is 12.9. The molecule has 2 aromatic carbocycles. The number of halogens is 3. The highest BCUT2D eigenvalue weighted by Gasteiger charge is 2.34. The van der Waals surface area contributed by atoms with Crippen LogP contribution < -0.4 is 0 Å². The van der Waals surface area contributed by atoms with Crippen molar-refractivity contribution < 1.29 is 26.4 Å². The Balaban J connectivity index is 1.65. The molecule has 5 nitrogen and oxygen atoms in total. The number of carbonyl (C=O) groups is 1. The molecule has 0 aliphatic carbocycles. The Kier molecular flexibility index (Phi) is 7.33. The Morgan fingerprint density at radius 2 is 1.68 bits per heavy atom. The van der Waals surface area contributed by atoms with Gasteiger partial charge in [0.1, 0.15) is 0 Å². The van der Waals surface area contributed by atoms with Crippen molar-refractivity contribution >= 4 is 27.7 Å². The summed E-state index contributed by atoms with van der Waals surface area (Å²) in [5, 5.41) is 0. The Hall–Kier alpha value is -2.04. The minimum absolute atomic E-state index is 0.0234.